The van der Waals surface area contributed by atoms with E-state index in [1.165, 1.54) is 6.07 Å². The molecule has 1 aromatic carbocycles. The summed E-state index contributed by atoms with van der Waals surface area (Å²) >= 11 is 0. The quantitative estimate of drug-likeness (QED) is 0.798. The van der Waals surface area contributed by atoms with Crippen molar-refractivity contribution in [3.63, 3.8) is 0 Å². The van der Waals surface area contributed by atoms with Crippen LogP contribution in [0, 0.1) is 12.7 Å². The number of Topliss-reactive ketones (excluding diaryl/α,β-unsaturated/α-hetero) is 1. The molecule has 0 saturated carbocycles. The number of carbonyl (C=O) groups excluding carboxylic acids is 1. The van der Waals surface area contributed by atoms with Gasteiger partial charge in [-0.05, 0) is 30.5 Å². The Bertz CT molecular complexity index is 389. The smallest absolute Gasteiger partial charge is 0.151 e. The van der Waals surface area contributed by atoms with Crippen molar-refractivity contribution >= 4 is 5.78 Å². The molecule has 0 bridgehead atoms. The minimum absolute atomic E-state index is 0.0742. The molecule has 1 aromatic rings. The van der Waals surface area contributed by atoms with E-state index in [1.807, 2.05) is 6.07 Å². The summed E-state index contributed by atoms with van der Waals surface area (Å²) in [6.07, 6.45) is 1.28. The second-order valence-electron chi connectivity index (χ2n) is 4.01. The zero-order valence-corrected chi connectivity index (χ0v) is 8.72. The highest BCUT2D eigenvalue weighted by atomic mass is 19.1. The van der Waals surface area contributed by atoms with Crippen LogP contribution in [0.1, 0.15) is 17.5 Å². The zero-order chi connectivity index (χ0) is 10.8. The fourth-order valence-electron chi connectivity index (χ4n) is 1.91. The minimum Gasteiger partial charge on any atom is -0.307 e. The Morgan fingerprint density at radius 3 is 2.93 bits per heavy atom. The Hall–Kier alpha value is -1.22. The highest BCUT2D eigenvalue weighted by Crippen LogP contribution is 2.13. The van der Waals surface area contributed by atoms with Crippen molar-refractivity contribution in [2.24, 2.45) is 0 Å². The fourth-order valence-corrected chi connectivity index (χ4v) is 1.91. The van der Waals surface area contributed by atoms with E-state index in [1.54, 1.807) is 13.0 Å². The van der Waals surface area contributed by atoms with Crippen LogP contribution in [0.15, 0.2) is 18.2 Å². The van der Waals surface area contributed by atoms with E-state index in [-0.39, 0.29) is 17.6 Å². The molecule has 0 amide bonds. The van der Waals surface area contributed by atoms with Crippen LogP contribution in [0.4, 0.5) is 4.39 Å². The van der Waals surface area contributed by atoms with Gasteiger partial charge in [0, 0.05) is 13.0 Å². The first kappa shape index (κ1) is 10.3. The van der Waals surface area contributed by atoms with E-state index in [9.17, 15) is 9.18 Å². The van der Waals surface area contributed by atoms with Crippen molar-refractivity contribution in [3.8, 4) is 0 Å². The first-order valence-electron chi connectivity index (χ1n) is 5.18. The largest absolute Gasteiger partial charge is 0.307 e. The van der Waals surface area contributed by atoms with Crippen LogP contribution in [0.25, 0.3) is 0 Å². The Balaban J connectivity index is 2.10. The molecule has 80 valence electrons. The van der Waals surface area contributed by atoms with E-state index in [0.29, 0.717) is 18.4 Å². The average Bonchev–Trinajstić information content (AvgIpc) is 2.59. The molecule has 1 saturated heterocycles. The number of hydrogen-bond donors (Lipinski definition) is 1. The first-order valence-corrected chi connectivity index (χ1v) is 5.18. The zero-order valence-electron chi connectivity index (χ0n) is 8.72. The van der Waals surface area contributed by atoms with E-state index >= 15 is 0 Å². The van der Waals surface area contributed by atoms with Gasteiger partial charge < -0.3 is 5.32 Å². The van der Waals surface area contributed by atoms with E-state index in [0.717, 1.165) is 12.1 Å². The number of carbonyl (C=O) groups is 1. The predicted octanol–water partition coefficient (Wildman–Crippen LogP) is 1.61. The van der Waals surface area contributed by atoms with Gasteiger partial charge in [0.15, 0.2) is 5.78 Å². The second-order valence-corrected chi connectivity index (χ2v) is 4.01. The summed E-state index contributed by atoms with van der Waals surface area (Å²) in [4.78, 5) is 11.4. The van der Waals surface area contributed by atoms with E-state index in [4.69, 9.17) is 0 Å². The van der Waals surface area contributed by atoms with Gasteiger partial charge in [-0.15, -0.1) is 0 Å². The Morgan fingerprint density at radius 2 is 2.33 bits per heavy atom. The van der Waals surface area contributed by atoms with Crippen LogP contribution >= 0.6 is 0 Å². The normalized spacial score (nSPS) is 20.9. The Kier molecular flexibility index (Phi) is 2.82. The predicted molar refractivity (Wildman–Crippen MR) is 56.3 cm³/mol. The SMILES string of the molecule is Cc1cc(CC2NCCC2=O)ccc1F. The van der Waals surface area contributed by atoms with Crippen molar-refractivity contribution < 1.29 is 9.18 Å². The molecule has 2 rings (SSSR count). The van der Waals surface area contributed by atoms with Crippen molar-refractivity contribution in [1.82, 2.24) is 5.32 Å². The maximum atomic E-state index is 13.0. The van der Waals surface area contributed by atoms with Crippen LogP contribution in [0.3, 0.4) is 0 Å². The highest BCUT2D eigenvalue weighted by molar-refractivity contribution is 5.86. The molecular formula is C12H14FNO. The molecule has 1 heterocycles. The standard InChI is InChI=1S/C12H14FNO/c1-8-6-9(2-3-10(8)13)7-11-12(15)4-5-14-11/h2-3,6,11,14H,4-5,7H2,1H3. The lowest BCUT2D eigenvalue weighted by Gasteiger charge is -2.09. The number of benzene rings is 1. The lowest BCUT2D eigenvalue weighted by atomic mass is 10.0. The number of rotatable bonds is 2. The molecule has 1 unspecified atom stereocenters. The number of hydrogen-bond acceptors (Lipinski definition) is 2. The molecule has 3 heteroatoms. The molecule has 0 spiro atoms. The molecule has 1 aliphatic rings. The molecule has 1 aliphatic heterocycles. The maximum Gasteiger partial charge on any atom is 0.151 e. The number of halogens is 1. The topological polar surface area (TPSA) is 29.1 Å². The Morgan fingerprint density at radius 1 is 1.53 bits per heavy atom. The van der Waals surface area contributed by atoms with E-state index < -0.39 is 0 Å². The van der Waals surface area contributed by atoms with Crippen LogP contribution in [-0.2, 0) is 11.2 Å². The third-order valence-electron chi connectivity index (χ3n) is 2.81. The van der Waals surface area contributed by atoms with Crippen molar-refractivity contribution in [2.75, 3.05) is 6.54 Å². The molecule has 0 aliphatic carbocycles. The monoisotopic (exact) mass is 207 g/mol. The molecule has 1 N–H and O–H groups in total. The van der Waals surface area contributed by atoms with Gasteiger partial charge in [-0.3, -0.25) is 4.79 Å². The third-order valence-corrected chi connectivity index (χ3v) is 2.81. The summed E-state index contributed by atoms with van der Waals surface area (Å²) in [5.41, 5.74) is 1.65. The van der Waals surface area contributed by atoms with Gasteiger partial charge in [-0.25, -0.2) is 4.39 Å². The maximum absolute atomic E-state index is 13.0. The summed E-state index contributed by atoms with van der Waals surface area (Å²) < 4.78 is 13.0. The van der Waals surface area contributed by atoms with Crippen LogP contribution in [-0.4, -0.2) is 18.4 Å². The summed E-state index contributed by atoms with van der Waals surface area (Å²) in [5, 5.41) is 3.15. The lowest BCUT2D eigenvalue weighted by molar-refractivity contribution is -0.118. The fraction of sp³-hybridized carbons (Fsp3) is 0.417. The molecule has 15 heavy (non-hydrogen) atoms. The Labute approximate surface area is 88.5 Å². The van der Waals surface area contributed by atoms with Gasteiger partial charge in [-0.2, -0.15) is 0 Å². The first-order chi connectivity index (χ1) is 7.16. The van der Waals surface area contributed by atoms with Gasteiger partial charge >= 0.3 is 0 Å². The van der Waals surface area contributed by atoms with Gasteiger partial charge in [0.25, 0.3) is 0 Å². The summed E-state index contributed by atoms with van der Waals surface area (Å²) in [7, 11) is 0. The second kappa shape index (κ2) is 4.11. The summed E-state index contributed by atoms with van der Waals surface area (Å²) in [5.74, 6) is 0.0708. The molecule has 2 nitrogen and oxygen atoms in total. The van der Waals surface area contributed by atoms with Gasteiger partial charge in [0.1, 0.15) is 5.82 Å². The van der Waals surface area contributed by atoms with Crippen LogP contribution in [0.2, 0.25) is 0 Å². The summed E-state index contributed by atoms with van der Waals surface area (Å²) in [6, 6.07) is 4.94. The molecule has 0 radical (unpaired) electrons. The van der Waals surface area contributed by atoms with Gasteiger partial charge in [0.2, 0.25) is 0 Å². The lowest BCUT2D eigenvalue weighted by Crippen LogP contribution is -2.29. The van der Waals surface area contributed by atoms with Crippen molar-refractivity contribution in [3.05, 3.63) is 35.1 Å². The number of ketones is 1. The van der Waals surface area contributed by atoms with Gasteiger partial charge in [0.05, 0.1) is 6.04 Å². The van der Waals surface area contributed by atoms with Crippen molar-refractivity contribution in [2.45, 2.75) is 25.8 Å². The molecule has 0 aromatic heterocycles. The highest BCUT2D eigenvalue weighted by Gasteiger charge is 2.23. The van der Waals surface area contributed by atoms with E-state index in [2.05, 4.69) is 5.32 Å². The molecule has 1 atom stereocenters. The van der Waals surface area contributed by atoms with Crippen LogP contribution < -0.4 is 5.32 Å². The molecular weight excluding hydrogens is 193 g/mol. The third kappa shape index (κ3) is 2.23. The molecule has 1 fully saturated rings. The van der Waals surface area contributed by atoms with Gasteiger partial charge in [-0.1, -0.05) is 12.1 Å². The minimum atomic E-state index is -0.190. The average molecular weight is 207 g/mol. The number of aryl methyl sites for hydroxylation is 1. The van der Waals surface area contributed by atoms with Crippen molar-refractivity contribution in [1.29, 1.82) is 0 Å². The van der Waals surface area contributed by atoms with Crippen LogP contribution in [0.5, 0.6) is 0 Å². The number of nitrogens with one attached hydrogen (secondary N) is 1. The summed E-state index contributed by atoms with van der Waals surface area (Å²) in [6.45, 7) is 2.51.